The molecule has 0 spiro atoms. The van der Waals surface area contributed by atoms with Crippen LogP contribution in [0, 0.1) is 0 Å². The number of rotatable bonds is 6. The average Bonchev–Trinajstić information content (AvgIpc) is 2.69. The summed E-state index contributed by atoms with van der Waals surface area (Å²) in [5.74, 6) is 1.31. The number of hydrogen-bond acceptors (Lipinski definition) is 5. The van der Waals surface area contributed by atoms with Crippen LogP contribution in [0.4, 0.5) is 11.5 Å². The smallest absolute Gasteiger partial charge is 0.274 e. The summed E-state index contributed by atoms with van der Waals surface area (Å²) in [5.41, 5.74) is 1.22. The number of benzene rings is 1. The van der Waals surface area contributed by atoms with Crippen LogP contribution in [-0.4, -0.2) is 39.7 Å². The van der Waals surface area contributed by atoms with E-state index >= 15 is 0 Å². The summed E-state index contributed by atoms with van der Waals surface area (Å²) in [7, 11) is 0. The maximum atomic E-state index is 12.8. The molecule has 0 aliphatic carbocycles. The molecule has 6 heteroatoms. The predicted molar refractivity (Wildman–Crippen MR) is 106 cm³/mol. The summed E-state index contributed by atoms with van der Waals surface area (Å²) in [4.78, 5) is 14.7. The fourth-order valence-corrected chi connectivity index (χ4v) is 3.42. The Bertz CT molecular complexity index is 761. The molecule has 27 heavy (non-hydrogen) atoms. The number of anilines is 2. The summed E-state index contributed by atoms with van der Waals surface area (Å²) in [6.07, 6.45) is 4.37. The second kappa shape index (κ2) is 8.84. The monoisotopic (exact) mass is 368 g/mol. The summed E-state index contributed by atoms with van der Waals surface area (Å²) in [5, 5.41) is 11.6. The van der Waals surface area contributed by atoms with E-state index in [1.54, 1.807) is 12.1 Å². The third kappa shape index (κ3) is 4.76. The fraction of sp³-hybridized carbons (Fsp3) is 0.476. The molecule has 1 aromatic carbocycles. The summed E-state index contributed by atoms with van der Waals surface area (Å²) < 4.78 is 5.81. The maximum Gasteiger partial charge on any atom is 0.274 e. The van der Waals surface area contributed by atoms with Gasteiger partial charge in [-0.25, -0.2) is 0 Å². The zero-order valence-corrected chi connectivity index (χ0v) is 16.3. The van der Waals surface area contributed by atoms with Gasteiger partial charge in [0.25, 0.3) is 5.91 Å². The van der Waals surface area contributed by atoms with Crippen LogP contribution < -0.4 is 10.1 Å². The van der Waals surface area contributed by atoms with Crippen LogP contribution in [0.1, 0.15) is 56.9 Å². The molecule has 0 saturated carbocycles. The largest absolute Gasteiger partial charge is 0.489 e. The van der Waals surface area contributed by atoms with Gasteiger partial charge in [-0.05, 0) is 63.8 Å². The fourth-order valence-electron chi connectivity index (χ4n) is 3.42. The van der Waals surface area contributed by atoms with E-state index in [1.165, 1.54) is 6.42 Å². The Morgan fingerprint density at radius 3 is 2.74 bits per heavy atom. The third-order valence-corrected chi connectivity index (χ3v) is 4.76. The van der Waals surface area contributed by atoms with Crippen molar-refractivity contribution < 1.29 is 9.53 Å². The highest BCUT2D eigenvalue weighted by molar-refractivity contribution is 5.92. The molecule has 1 aliphatic heterocycles. The normalized spacial score (nSPS) is 17.0. The molecule has 1 N–H and O–H groups in total. The molecule has 3 rings (SSSR count). The lowest BCUT2D eigenvalue weighted by molar-refractivity contribution is 0.0601. The number of nitrogens with one attached hydrogen (secondary N) is 1. The Hall–Kier alpha value is -2.63. The number of para-hydroxylation sites is 2. The molecule has 0 bridgehead atoms. The Morgan fingerprint density at radius 1 is 1.22 bits per heavy atom. The van der Waals surface area contributed by atoms with Gasteiger partial charge in [-0.15, -0.1) is 10.2 Å². The Labute approximate surface area is 160 Å². The molecular formula is C21H28N4O2. The summed E-state index contributed by atoms with van der Waals surface area (Å²) >= 11 is 0. The van der Waals surface area contributed by atoms with E-state index in [0.717, 1.165) is 37.2 Å². The quantitative estimate of drug-likeness (QED) is 0.818. The molecule has 1 unspecified atom stereocenters. The highest BCUT2D eigenvalue weighted by Crippen LogP contribution is 2.27. The molecule has 1 saturated heterocycles. The van der Waals surface area contributed by atoms with Gasteiger partial charge in [0.1, 0.15) is 5.75 Å². The predicted octanol–water partition coefficient (Wildman–Crippen LogP) is 4.41. The molecule has 144 valence electrons. The first-order valence-electron chi connectivity index (χ1n) is 9.76. The second-order valence-electron chi connectivity index (χ2n) is 7.15. The molecule has 1 fully saturated rings. The molecule has 0 radical (unpaired) electrons. The number of carbonyl (C=O) groups is 1. The molecular weight excluding hydrogens is 340 g/mol. The van der Waals surface area contributed by atoms with Gasteiger partial charge in [-0.1, -0.05) is 19.1 Å². The van der Waals surface area contributed by atoms with Gasteiger partial charge < -0.3 is 15.0 Å². The van der Waals surface area contributed by atoms with E-state index in [-0.39, 0.29) is 12.0 Å². The van der Waals surface area contributed by atoms with Gasteiger partial charge in [0.2, 0.25) is 0 Å². The minimum atomic E-state index is -0.0239. The number of piperidine rings is 1. The zero-order valence-electron chi connectivity index (χ0n) is 16.3. The van der Waals surface area contributed by atoms with Gasteiger partial charge >= 0.3 is 0 Å². The van der Waals surface area contributed by atoms with Crippen LogP contribution in [0.15, 0.2) is 36.4 Å². The van der Waals surface area contributed by atoms with Gasteiger partial charge in [-0.2, -0.15) is 0 Å². The average molecular weight is 368 g/mol. The molecule has 2 heterocycles. The molecule has 1 aromatic heterocycles. The third-order valence-electron chi connectivity index (χ3n) is 4.76. The first-order valence-corrected chi connectivity index (χ1v) is 9.76. The van der Waals surface area contributed by atoms with Crippen molar-refractivity contribution in [3.05, 3.63) is 42.1 Å². The number of hydrogen-bond donors (Lipinski definition) is 1. The maximum absolute atomic E-state index is 12.8. The Balaban J connectivity index is 1.71. The first-order chi connectivity index (χ1) is 13.1. The van der Waals surface area contributed by atoms with E-state index in [0.29, 0.717) is 17.6 Å². The number of nitrogens with zero attached hydrogens (tertiary/aromatic N) is 3. The first kappa shape index (κ1) is 19.1. The van der Waals surface area contributed by atoms with Crippen molar-refractivity contribution >= 4 is 17.4 Å². The highest BCUT2D eigenvalue weighted by Gasteiger charge is 2.27. The summed E-state index contributed by atoms with van der Waals surface area (Å²) in [6, 6.07) is 11.5. The van der Waals surface area contributed by atoms with Crippen molar-refractivity contribution in [2.24, 2.45) is 0 Å². The molecule has 6 nitrogen and oxygen atoms in total. The molecule has 1 atom stereocenters. The highest BCUT2D eigenvalue weighted by atomic mass is 16.5. The number of carbonyl (C=O) groups excluding carboxylic acids is 1. The lowest BCUT2D eigenvalue weighted by Crippen LogP contribution is -2.43. The van der Waals surface area contributed by atoms with Crippen LogP contribution in [0.25, 0.3) is 0 Å². The number of ether oxygens (including phenoxy) is 1. The van der Waals surface area contributed by atoms with E-state index in [4.69, 9.17) is 4.74 Å². The lowest BCUT2D eigenvalue weighted by Gasteiger charge is -2.34. The molecule has 1 amide bonds. The van der Waals surface area contributed by atoms with Crippen LogP contribution in [0.5, 0.6) is 5.75 Å². The van der Waals surface area contributed by atoms with Crippen molar-refractivity contribution in [2.45, 2.75) is 58.6 Å². The molecule has 1 aliphatic rings. The summed E-state index contributed by atoms with van der Waals surface area (Å²) in [6.45, 7) is 6.91. The van der Waals surface area contributed by atoms with Crippen molar-refractivity contribution in [3.63, 3.8) is 0 Å². The minimum Gasteiger partial charge on any atom is -0.489 e. The number of likely N-dealkylation sites (tertiary alicyclic amines) is 1. The zero-order chi connectivity index (χ0) is 19.2. The van der Waals surface area contributed by atoms with Gasteiger partial charge in [0.05, 0.1) is 11.8 Å². The Kier molecular flexibility index (Phi) is 6.27. The van der Waals surface area contributed by atoms with Gasteiger partial charge in [0.15, 0.2) is 11.5 Å². The minimum absolute atomic E-state index is 0.0239. The van der Waals surface area contributed by atoms with Gasteiger partial charge in [0, 0.05) is 12.6 Å². The van der Waals surface area contributed by atoms with E-state index < -0.39 is 0 Å². The van der Waals surface area contributed by atoms with Crippen molar-refractivity contribution in [3.8, 4) is 5.75 Å². The topological polar surface area (TPSA) is 67.4 Å². The van der Waals surface area contributed by atoms with Crippen molar-refractivity contribution in [2.75, 3.05) is 11.9 Å². The van der Waals surface area contributed by atoms with Crippen LogP contribution in [-0.2, 0) is 0 Å². The van der Waals surface area contributed by atoms with Crippen LogP contribution in [0.3, 0.4) is 0 Å². The van der Waals surface area contributed by atoms with Crippen LogP contribution in [0.2, 0.25) is 0 Å². The van der Waals surface area contributed by atoms with E-state index in [9.17, 15) is 4.79 Å². The van der Waals surface area contributed by atoms with Gasteiger partial charge in [-0.3, -0.25) is 4.79 Å². The van der Waals surface area contributed by atoms with Crippen LogP contribution >= 0.6 is 0 Å². The number of aromatic nitrogens is 2. The van der Waals surface area contributed by atoms with E-state index in [1.807, 2.05) is 43.0 Å². The lowest BCUT2D eigenvalue weighted by atomic mass is 9.99. The van der Waals surface area contributed by atoms with E-state index in [2.05, 4.69) is 22.4 Å². The standard InChI is InChI=1S/C21H28N4O2/c1-4-16-9-7-8-14-25(16)21(26)18-12-13-20(24-23-18)22-17-10-5-6-11-19(17)27-15(2)3/h5-6,10-13,15-16H,4,7-9,14H2,1-3H3,(H,22,24). The van der Waals surface area contributed by atoms with Crippen molar-refractivity contribution in [1.29, 1.82) is 0 Å². The second-order valence-corrected chi connectivity index (χ2v) is 7.15. The number of amides is 1. The molecule has 2 aromatic rings. The Morgan fingerprint density at radius 2 is 2.04 bits per heavy atom. The van der Waals surface area contributed by atoms with Crippen molar-refractivity contribution in [1.82, 2.24) is 15.1 Å². The SMILES string of the molecule is CCC1CCCCN1C(=O)c1ccc(Nc2ccccc2OC(C)C)nn1.